The van der Waals surface area contributed by atoms with E-state index in [9.17, 15) is 9.59 Å². The molecule has 1 unspecified atom stereocenters. The maximum atomic E-state index is 12.5. The summed E-state index contributed by atoms with van der Waals surface area (Å²) >= 11 is 0. The van der Waals surface area contributed by atoms with Crippen molar-refractivity contribution >= 4 is 11.8 Å². The van der Waals surface area contributed by atoms with Crippen molar-refractivity contribution < 1.29 is 18.7 Å². The van der Waals surface area contributed by atoms with Gasteiger partial charge in [0.15, 0.2) is 0 Å². The van der Waals surface area contributed by atoms with Gasteiger partial charge in [-0.2, -0.15) is 0 Å². The molecule has 2 aliphatic rings. The van der Waals surface area contributed by atoms with Crippen LogP contribution >= 0.6 is 0 Å². The maximum Gasteiger partial charge on any atom is 0.257 e. The average molecular weight is 321 g/mol. The molecule has 7 heteroatoms. The molecule has 0 bridgehead atoms. The van der Waals surface area contributed by atoms with Gasteiger partial charge >= 0.3 is 0 Å². The highest BCUT2D eigenvalue weighted by Gasteiger charge is 2.31. The second kappa shape index (κ2) is 6.72. The number of carbonyl (C=O) groups excluding carboxylic acids is 2. The summed E-state index contributed by atoms with van der Waals surface area (Å²) in [5.41, 5.74) is 0.613. The monoisotopic (exact) mass is 321 g/mol. The third kappa shape index (κ3) is 3.40. The first-order valence-corrected chi connectivity index (χ1v) is 8.03. The molecule has 126 valence electrons. The van der Waals surface area contributed by atoms with E-state index in [1.54, 1.807) is 22.8 Å². The van der Waals surface area contributed by atoms with E-state index in [0.29, 0.717) is 50.7 Å². The first kappa shape index (κ1) is 16.0. The van der Waals surface area contributed by atoms with Crippen LogP contribution in [0.5, 0.6) is 0 Å². The van der Waals surface area contributed by atoms with Crippen LogP contribution in [-0.4, -0.2) is 73.6 Å². The van der Waals surface area contributed by atoms with Gasteiger partial charge in [0, 0.05) is 39.3 Å². The Kier molecular flexibility index (Phi) is 4.68. The molecule has 1 N–H and O–H groups in total. The third-order valence-corrected chi connectivity index (χ3v) is 4.35. The molecule has 2 amide bonds. The van der Waals surface area contributed by atoms with E-state index >= 15 is 0 Å². The number of nitrogens with zero attached hydrogens (tertiary/aromatic N) is 2. The number of morpholine rings is 1. The van der Waals surface area contributed by atoms with E-state index in [4.69, 9.17) is 9.15 Å². The van der Waals surface area contributed by atoms with Gasteiger partial charge in [0.1, 0.15) is 17.6 Å². The van der Waals surface area contributed by atoms with Crippen molar-refractivity contribution in [1.29, 1.82) is 0 Å². The number of ether oxygens (including phenoxy) is 1. The van der Waals surface area contributed by atoms with Crippen molar-refractivity contribution in [2.24, 2.45) is 0 Å². The summed E-state index contributed by atoms with van der Waals surface area (Å²) in [5, 5.41) is 3.16. The lowest BCUT2D eigenvalue weighted by Gasteiger charge is -2.37. The molecule has 1 atom stereocenters. The number of aryl methyl sites for hydroxylation is 2. The Morgan fingerprint density at radius 3 is 2.43 bits per heavy atom. The number of hydrogen-bond donors (Lipinski definition) is 1. The summed E-state index contributed by atoms with van der Waals surface area (Å²) in [6.07, 6.45) is -0.398. The van der Waals surface area contributed by atoms with Gasteiger partial charge in [-0.15, -0.1) is 0 Å². The van der Waals surface area contributed by atoms with Crippen molar-refractivity contribution in [2.45, 2.75) is 20.0 Å². The van der Waals surface area contributed by atoms with Gasteiger partial charge in [0.25, 0.3) is 11.8 Å². The summed E-state index contributed by atoms with van der Waals surface area (Å²) in [6, 6.07) is 1.77. The highest BCUT2D eigenvalue weighted by atomic mass is 16.5. The number of carbonyl (C=O) groups is 2. The summed E-state index contributed by atoms with van der Waals surface area (Å²) in [4.78, 5) is 28.5. The molecular weight excluding hydrogens is 298 g/mol. The molecule has 0 saturated carbocycles. The molecule has 7 nitrogen and oxygen atoms in total. The van der Waals surface area contributed by atoms with E-state index in [2.05, 4.69) is 5.32 Å². The van der Waals surface area contributed by atoms with E-state index in [1.165, 1.54) is 0 Å². The lowest BCUT2D eigenvalue weighted by Crippen LogP contribution is -2.56. The predicted octanol–water partition coefficient (Wildman–Crippen LogP) is 0.169. The van der Waals surface area contributed by atoms with E-state index in [-0.39, 0.29) is 11.8 Å². The largest absolute Gasteiger partial charge is 0.466 e. The first-order chi connectivity index (χ1) is 11.1. The number of furan rings is 1. The zero-order valence-electron chi connectivity index (χ0n) is 13.6. The molecular formula is C16H23N3O4. The van der Waals surface area contributed by atoms with Crippen molar-refractivity contribution in [3.8, 4) is 0 Å². The Labute approximate surface area is 135 Å². The van der Waals surface area contributed by atoms with Crippen LogP contribution in [-0.2, 0) is 9.53 Å². The minimum atomic E-state index is -0.398. The number of piperazine rings is 1. The Bertz CT molecular complexity index is 584. The van der Waals surface area contributed by atoms with Crippen molar-refractivity contribution in [3.63, 3.8) is 0 Å². The molecule has 0 spiro atoms. The SMILES string of the molecule is Cc1cc(C(=O)N2CCN(C(=O)C3CNCCO3)CC2)c(C)o1. The highest BCUT2D eigenvalue weighted by Crippen LogP contribution is 2.17. The van der Waals surface area contributed by atoms with Gasteiger partial charge in [-0.05, 0) is 19.9 Å². The molecule has 1 aromatic heterocycles. The van der Waals surface area contributed by atoms with Crippen LogP contribution in [0, 0.1) is 13.8 Å². The first-order valence-electron chi connectivity index (χ1n) is 8.03. The van der Waals surface area contributed by atoms with Crippen LogP contribution < -0.4 is 5.32 Å². The summed E-state index contributed by atoms with van der Waals surface area (Å²) in [5.74, 6) is 1.37. The van der Waals surface area contributed by atoms with Crippen molar-refractivity contribution in [1.82, 2.24) is 15.1 Å². The number of rotatable bonds is 2. The smallest absolute Gasteiger partial charge is 0.257 e. The topological polar surface area (TPSA) is 75.0 Å². The van der Waals surface area contributed by atoms with Crippen LogP contribution in [0.1, 0.15) is 21.9 Å². The molecule has 1 aromatic rings. The van der Waals surface area contributed by atoms with Crippen LogP contribution in [0.15, 0.2) is 10.5 Å². The zero-order valence-corrected chi connectivity index (χ0v) is 13.6. The second-order valence-corrected chi connectivity index (χ2v) is 6.01. The predicted molar refractivity (Wildman–Crippen MR) is 83.3 cm³/mol. The molecule has 2 aliphatic heterocycles. The Morgan fingerprint density at radius 1 is 1.17 bits per heavy atom. The minimum Gasteiger partial charge on any atom is -0.466 e. The van der Waals surface area contributed by atoms with Gasteiger partial charge < -0.3 is 24.3 Å². The highest BCUT2D eigenvalue weighted by molar-refractivity contribution is 5.95. The van der Waals surface area contributed by atoms with Crippen LogP contribution in [0.25, 0.3) is 0 Å². The molecule has 23 heavy (non-hydrogen) atoms. The van der Waals surface area contributed by atoms with Crippen molar-refractivity contribution in [2.75, 3.05) is 45.9 Å². The van der Waals surface area contributed by atoms with E-state index in [0.717, 1.165) is 12.3 Å². The normalized spacial score (nSPS) is 22.3. The maximum absolute atomic E-state index is 12.5. The van der Waals surface area contributed by atoms with Gasteiger partial charge in [-0.25, -0.2) is 0 Å². The van der Waals surface area contributed by atoms with Gasteiger partial charge in [0.2, 0.25) is 0 Å². The third-order valence-electron chi connectivity index (χ3n) is 4.35. The Morgan fingerprint density at radius 2 is 1.87 bits per heavy atom. The molecule has 0 radical (unpaired) electrons. The molecule has 0 aromatic carbocycles. The lowest BCUT2D eigenvalue weighted by atomic mass is 10.2. The summed E-state index contributed by atoms with van der Waals surface area (Å²) in [7, 11) is 0. The van der Waals surface area contributed by atoms with Crippen LogP contribution in [0.4, 0.5) is 0 Å². The summed E-state index contributed by atoms with van der Waals surface area (Å²) < 4.78 is 10.9. The quantitative estimate of drug-likeness (QED) is 0.840. The van der Waals surface area contributed by atoms with E-state index in [1.807, 2.05) is 6.92 Å². The van der Waals surface area contributed by atoms with Gasteiger partial charge in [-0.1, -0.05) is 0 Å². The summed E-state index contributed by atoms with van der Waals surface area (Å²) in [6.45, 7) is 7.70. The zero-order chi connectivity index (χ0) is 16.4. The van der Waals surface area contributed by atoms with Crippen molar-refractivity contribution in [3.05, 3.63) is 23.2 Å². The fourth-order valence-electron chi connectivity index (χ4n) is 3.07. The number of hydrogen-bond acceptors (Lipinski definition) is 5. The van der Waals surface area contributed by atoms with E-state index < -0.39 is 6.10 Å². The molecule has 3 rings (SSSR count). The van der Waals surface area contributed by atoms with Crippen LogP contribution in [0.3, 0.4) is 0 Å². The second-order valence-electron chi connectivity index (χ2n) is 6.01. The Balaban J connectivity index is 1.56. The molecule has 0 aliphatic carbocycles. The fraction of sp³-hybridized carbons (Fsp3) is 0.625. The molecule has 2 fully saturated rings. The molecule has 2 saturated heterocycles. The van der Waals surface area contributed by atoms with Gasteiger partial charge in [0.05, 0.1) is 12.2 Å². The number of amides is 2. The standard InChI is InChI=1S/C16H23N3O4/c1-11-9-13(12(2)23-11)15(20)18-4-6-19(7-5-18)16(21)14-10-17-3-8-22-14/h9,14,17H,3-8,10H2,1-2H3. The van der Waals surface area contributed by atoms with Gasteiger partial charge in [-0.3, -0.25) is 9.59 Å². The van der Waals surface area contributed by atoms with Crippen LogP contribution in [0.2, 0.25) is 0 Å². The minimum absolute atomic E-state index is 0.0136. The molecule has 3 heterocycles. The fourth-order valence-corrected chi connectivity index (χ4v) is 3.07. The number of nitrogens with one attached hydrogen (secondary N) is 1. The Hall–Kier alpha value is -1.86. The average Bonchev–Trinajstić information content (AvgIpc) is 2.93. The lowest BCUT2D eigenvalue weighted by molar-refractivity contribution is -0.146.